The van der Waals surface area contributed by atoms with Crippen LogP contribution in [0.15, 0.2) is 94.7 Å². The van der Waals surface area contributed by atoms with Crippen molar-refractivity contribution in [3.8, 4) is 11.1 Å². The van der Waals surface area contributed by atoms with Gasteiger partial charge >= 0.3 is 0 Å². The van der Waals surface area contributed by atoms with E-state index in [4.69, 9.17) is 0 Å². The third-order valence-corrected chi connectivity index (χ3v) is 12.1. The van der Waals surface area contributed by atoms with E-state index >= 15 is 0 Å². The van der Waals surface area contributed by atoms with Crippen molar-refractivity contribution in [1.29, 1.82) is 0 Å². The molecule has 3 aromatic rings. The van der Waals surface area contributed by atoms with Crippen molar-refractivity contribution in [2.24, 2.45) is 29.6 Å². The lowest BCUT2D eigenvalue weighted by molar-refractivity contribution is -0.123. The number of allylic oxidation sites excluding steroid dienone is 2. The summed E-state index contributed by atoms with van der Waals surface area (Å²) in [6, 6.07) is 28.4. The Bertz CT molecular complexity index is 1520. The number of thioether (sulfide) groups is 2. The van der Waals surface area contributed by atoms with Crippen molar-refractivity contribution in [2.45, 2.75) is 24.0 Å². The van der Waals surface area contributed by atoms with Crippen molar-refractivity contribution >= 4 is 46.1 Å². The third-order valence-electron chi connectivity index (χ3n) is 9.30. The highest BCUT2D eigenvalue weighted by Crippen LogP contribution is 2.70. The molecule has 2 saturated carbocycles. The van der Waals surface area contributed by atoms with Crippen molar-refractivity contribution < 1.29 is 14.4 Å². The third kappa shape index (κ3) is 3.16. The second-order valence-electron chi connectivity index (χ2n) is 11.0. The second-order valence-corrected chi connectivity index (χ2v) is 13.4. The standard InChI is InChI=1S/C32H25NO3S2/c34-24-16-23-30(38-24)25(19-9-5-2-6-10-19)26-21-15-22(29(26)37-23)28-27(21)31(35)33(32(28)36)20-13-11-18(12-14-20)17-7-3-1-4-8-17/h1-14,21-22,25-29H,15-16H2/t21-,22-,25-,26-,27+,28-,29-/m1/s1. The Morgan fingerprint density at radius 1 is 0.711 bits per heavy atom. The zero-order valence-corrected chi connectivity index (χ0v) is 22.2. The summed E-state index contributed by atoms with van der Waals surface area (Å²) in [7, 11) is 0. The molecular weight excluding hydrogens is 510 g/mol. The van der Waals surface area contributed by atoms with E-state index in [1.165, 1.54) is 32.0 Å². The molecule has 5 aliphatic rings. The van der Waals surface area contributed by atoms with Crippen LogP contribution in [0.4, 0.5) is 5.69 Å². The van der Waals surface area contributed by atoms with Gasteiger partial charge in [-0.05, 0) is 53.0 Å². The molecular formula is C32H25NO3S2. The number of fused-ring (bicyclic) bond motifs is 8. The van der Waals surface area contributed by atoms with Gasteiger partial charge in [0, 0.05) is 27.4 Å². The lowest BCUT2D eigenvalue weighted by Gasteiger charge is -2.44. The topological polar surface area (TPSA) is 54.5 Å². The highest BCUT2D eigenvalue weighted by Gasteiger charge is 2.69. The number of amides is 2. The van der Waals surface area contributed by atoms with E-state index in [9.17, 15) is 14.4 Å². The fraction of sp³-hybridized carbons (Fsp3) is 0.281. The number of carbonyl (C=O) groups is 3. The first kappa shape index (κ1) is 22.9. The Hall–Kier alpha value is -3.09. The molecule has 7 atom stereocenters. The molecule has 0 spiro atoms. The van der Waals surface area contributed by atoms with E-state index in [1.807, 2.05) is 60.3 Å². The van der Waals surface area contributed by atoms with Crippen LogP contribution in [0.25, 0.3) is 11.1 Å². The Labute approximate surface area is 229 Å². The van der Waals surface area contributed by atoms with Crippen LogP contribution in [0.3, 0.4) is 0 Å². The maximum Gasteiger partial charge on any atom is 0.238 e. The molecule has 3 heterocycles. The number of anilines is 1. The molecule has 3 aliphatic heterocycles. The van der Waals surface area contributed by atoms with Gasteiger partial charge in [0.15, 0.2) is 5.12 Å². The van der Waals surface area contributed by atoms with Crippen LogP contribution < -0.4 is 4.90 Å². The van der Waals surface area contributed by atoms with Crippen LogP contribution in [0.5, 0.6) is 0 Å². The first-order valence-electron chi connectivity index (χ1n) is 13.3. The van der Waals surface area contributed by atoms with Crippen LogP contribution >= 0.6 is 23.5 Å². The molecule has 0 unspecified atom stereocenters. The summed E-state index contributed by atoms with van der Waals surface area (Å²) in [6.07, 6.45) is 1.42. The molecule has 4 nitrogen and oxygen atoms in total. The molecule has 1 saturated heterocycles. The van der Waals surface area contributed by atoms with Gasteiger partial charge < -0.3 is 0 Å². The number of carbonyl (C=O) groups excluding carboxylic acids is 3. The number of benzene rings is 3. The number of imide groups is 1. The maximum absolute atomic E-state index is 14.0. The first-order valence-corrected chi connectivity index (χ1v) is 15.0. The predicted molar refractivity (Wildman–Crippen MR) is 151 cm³/mol. The largest absolute Gasteiger partial charge is 0.286 e. The molecule has 0 radical (unpaired) electrons. The minimum Gasteiger partial charge on any atom is -0.286 e. The van der Waals surface area contributed by atoms with Gasteiger partial charge in [-0.3, -0.25) is 19.3 Å². The quantitative estimate of drug-likeness (QED) is 0.359. The van der Waals surface area contributed by atoms with Crippen LogP contribution in [-0.2, 0) is 14.4 Å². The van der Waals surface area contributed by atoms with Gasteiger partial charge in [-0.2, -0.15) is 0 Å². The molecule has 8 rings (SSSR count). The highest BCUT2D eigenvalue weighted by atomic mass is 32.2. The van der Waals surface area contributed by atoms with E-state index in [0.717, 1.165) is 17.5 Å². The summed E-state index contributed by atoms with van der Waals surface area (Å²) in [5, 5.41) is 0.488. The summed E-state index contributed by atoms with van der Waals surface area (Å²) in [5.74, 6) is 0.137. The smallest absolute Gasteiger partial charge is 0.238 e. The van der Waals surface area contributed by atoms with Gasteiger partial charge in [-0.25, -0.2) is 0 Å². The molecule has 6 heteroatoms. The molecule has 38 heavy (non-hydrogen) atoms. The van der Waals surface area contributed by atoms with Crippen molar-refractivity contribution in [2.75, 3.05) is 4.90 Å². The summed E-state index contributed by atoms with van der Waals surface area (Å²) in [4.78, 5) is 44.2. The van der Waals surface area contributed by atoms with Crippen LogP contribution in [0, 0.1) is 29.6 Å². The zero-order valence-electron chi connectivity index (χ0n) is 20.5. The molecule has 3 aromatic carbocycles. The summed E-state index contributed by atoms with van der Waals surface area (Å²) < 4.78 is 0. The fourth-order valence-electron chi connectivity index (χ4n) is 7.92. The Morgan fingerprint density at radius 2 is 1.34 bits per heavy atom. The summed E-state index contributed by atoms with van der Waals surface area (Å²) in [6.45, 7) is 0. The van der Waals surface area contributed by atoms with Gasteiger partial charge in [0.2, 0.25) is 11.8 Å². The van der Waals surface area contributed by atoms with Gasteiger partial charge in [0.25, 0.3) is 0 Å². The maximum atomic E-state index is 14.0. The van der Waals surface area contributed by atoms with Gasteiger partial charge in [-0.1, -0.05) is 84.6 Å². The average Bonchev–Trinajstić information content (AvgIpc) is 3.68. The monoisotopic (exact) mass is 535 g/mol. The van der Waals surface area contributed by atoms with Crippen LogP contribution in [0.1, 0.15) is 24.3 Å². The molecule has 2 bridgehead atoms. The number of hydrogen-bond donors (Lipinski definition) is 0. The van der Waals surface area contributed by atoms with E-state index in [2.05, 4.69) is 36.4 Å². The van der Waals surface area contributed by atoms with E-state index in [1.54, 1.807) is 0 Å². The molecule has 3 fully saturated rings. The van der Waals surface area contributed by atoms with Crippen LogP contribution in [-0.4, -0.2) is 22.2 Å². The molecule has 0 N–H and O–H groups in total. The van der Waals surface area contributed by atoms with Crippen molar-refractivity contribution in [1.82, 2.24) is 0 Å². The number of rotatable bonds is 3. The summed E-state index contributed by atoms with van der Waals surface area (Å²) >= 11 is 3.25. The van der Waals surface area contributed by atoms with E-state index in [0.29, 0.717) is 12.1 Å². The Morgan fingerprint density at radius 3 is 2.05 bits per heavy atom. The Balaban J connectivity index is 1.15. The van der Waals surface area contributed by atoms with Crippen molar-refractivity contribution in [3.05, 3.63) is 100 Å². The second kappa shape index (κ2) is 8.45. The minimum absolute atomic E-state index is 0.0353. The first-order chi connectivity index (χ1) is 18.6. The van der Waals surface area contributed by atoms with E-state index < -0.39 is 0 Å². The fourth-order valence-corrected chi connectivity index (χ4v) is 11.1. The normalized spacial score (nSPS) is 33.1. The SMILES string of the molecule is O=C1CC2=C(S1)[C@H](c1ccccc1)[C@H]1[C@H]3C[C@@H]([C@H]1S2)[C@H]1C(=O)N(c2ccc(-c4ccccc4)cc2)C(=O)[C@@H]31. The van der Waals surface area contributed by atoms with Gasteiger partial charge in [0.05, 0.1) is 17.5 Å². The molecule has 0 aromatic heterocycles. The summed E-state index contributed by atoms with van der Waals surface area (Å²) in [5.41, 5.74) is 4.07. The predicted octanol–water partition coefficient (Wildman–Crippen LogP) is 6.50. The zero-order chi connectivity index (χ0) is 25.5. The lowest BCUT2D eigenvalue weighted by Crippen LogP contribution is -2.42. The van der Waals surface area contributed by atoms with Crippen LogP contribution in [0.2, 0.25) is 0 Å². The van der Waals surface area contributed by atoms with Gasteiger partial charge in [-0.15, -0.1) is 11.8 Å². The minimum atomic E-state index is -0.265. The average molecular weight is 536 g/mol. The van der Waals surface area contributed by atoms with Crippen molar-refractivity contribution in [3.63, 3.8) is 0 Å². The Kier molecular flexibility index (Phi) is 5.08. The molecule has 188 valence electrons. The number of hydrogen-bond acceptors (Lipinski definition) is 5. The van der Waals surface area contributed by atoms with E-state index in [-0.39, 0.29) is 57.7 Å². The highest BCUT2D eigenvalue weighted by molar-refractivity contribution is 8.18. The van der Waals surface area contributed by atoms with Gasteiger partial charge in [0.1, 0.15) is 0 Å². The lowest BCUT2D eigenvalue weighted by atomic mass is 9.68. The number of nitrogens with zero attached hydrogens (tertiary/aromatic N) is 1. The molecule has 2 amide bonds. The molecule has 2 aliphatic carbocycles.